The van der Waals surface area contributed by atoms with Crippen LogP contribution in [0.4, 0.5) is 0 Å². The molecule has 0 aromatic heterocycles. The van der Waals surface area contributed by atoms with Gasteiger partial charge in [0.25, 0.3) is 0 Å². The van der Waals surface area contributed by atoms with Gasteiger partial charge in [-0.15, -0.1) is 0 Å². The monoisotopic (exact) mass is 173 g/mol. The fraction of sp³-hybridized carbons (Fsp3) is 0.875. The summed E-state index contributed by atoms with van der Waals surface area (Å²) in [4.78, 5) is 12.8. The molecule has 1 fully saturated rings. The molecule has 0 aromatic carbocycles. The summed E-state index contributed by atoms with van der Waals surface area (Å²) in [6.07, 6.45) is -0.242. The van der Waals surface area contributed by atoms with Gasteiger partial charge in [-0.1, -0.05) is 0 Å². The van der Waals surface area contributed by atoms with Crippen LogP contribution < -0.4 is 0 Å². The van der Waals surface area contributed by atoms with E-state index in [2.05, 4.69) is 0 Å². The van der Waals surface area contributed by atoms with Crippen LogP contribution in [-0.4, -0.2) is 47.3 Å². The van der Waals surface area contributed by atoms with Crippen molar-refractivity contribution in [2.24, 2.45) is 5.41 Å². The quantitative estimate of drug-likeness (QED) is 0.575. The maximum Gasteiger partial charge on any atom is 0.312 e. The van der Waals surface area contributed by atoms with E-state index >= 15 is 0 Å². The van der Waals surface area contributed by atoms with Crippen LogP contribution in [0.25, 0.3) is 0 Å². The molecule has 0 saturated carbocycles. The number of nitrogens with zero attached hydrogens (tertiary/aromatic N) is 1. The van der Waals surface area contributed by atoms with Gasteiger partial charge >= 0.3 is 5.97 Å². The average Bonchev–Trinajstić information content (AvgIpc) is 1.97. The molecule has 1 heterocycles. The fourth-order valence-corrected chi connectivity index (χ4v) is 1.43. The van der Waals surface area contributed by atoms with Crippen molar-refractivity contribution in [1.82, 2.24) is 4.90 Å². The standard InChI is InChI=1S/C8H15NO3/c1-8(7(11)12)3-4-9(2)5-6(8)10/h6,10H,3-5H2,1-2H3,(H,11,12). The molecule has 12 heavy (non-hydrogen) atoms. The summed E-state index contributed by atoms with van der Waals surface area (Å²) >= 11 is 0. The van der Waals surface area contributed by atoms with Gasteiger partial charge in [-0.05, 0) is 26.9 Å². The van der Waals surface area contributed by atoms with Crippen LogP contribution in [-0.2, 0) is 4.79 Å². The number of carboxylic acids is 1. The van der Waals surface area contributed by atoms with E-state index in [-0.39, 0.29) is 0 Å². The van der Waals surface area contributed by atoms with E-state index in [1.54, 1.807) is 6.92 Å². The van der Waals surface area contributed by atoms with Gasteiger partial charge < -0.3 is 15.1 Å². The highest BCUT2D eigenvalue weighted by atomic mass is 16.4. The van der Waals surface area contributed by atoms with Crippen molar-refractivity contribution in [2.45, 2.75) is 19.4 Å². The summed E-state index contributed by atoms with van der Waals surface area (Å²) in [5, 5.41) is 18.4. The summed E-state index contributed by atoms with van der Waals surface area (Å²) < 4.78 is 0. The van der Waals surface area contributed by atoms with Crippen LogP contribution in [0.1, 0.15) is 13.3 Å². The Morgan fingerprint density at radius 3 is 2.67 bits per heavy atom. The Morgan fingerprint density at radius 1 is 1.67 bits per heavy atom. The van der Waals surface area contributed by atoms with Crippen molar-refractivity contribution < 1.29 is 15.0 Å². The van der Waals surface area contributed by atoms with E-state index in [1.807, 2.05) is 11.9 Å². The second-order valence-corrected chi connectivity index (χ2v) is 3.75. The SMILES string of the molecule is CN1CCC(C)(C(=O)O)C(O)C1. The summed E-state index contributed by atoms with van der Waals surface area (Å²) in [7, 11) is 1.88. The molecule has 4 heteroatoms. The fourth-order valence-electron chi connectivity index (χ4n) is 1.43. The molecule has 0 radical (unpaired) electrons. The van der Waals surface area contributed by atoms with Crippen molar-refractivity contribution >= 4 is 5.97 Å². The van der Waals surface area contributed by atoms with E-state index in [0.29, 0.717) is 13.0 Å². The molecule has 2 N–H and O–H groups in total. The number of piperidine rings is 1. The minimum absolute atomic E-state index is 0.447. The number of hydrogen-bond acceptors (Lipinski definition) is 3. The zero-order valence-electron chi connectivity index (χ0n) is 7.45. The van der Waals surface area contributed by atoms with Crippen molar-refractivity contribution in [2.75, 3.05) is 20.1 Å². The largest absolute Gasteiger partial charge is 0.481 e. The van der Waals surface area contributed by atoms with Gasteiger partial charge in [0, 0.05) is 6.54 Å². The molecular weight excluding hydrogens is 158 g/mol. The van der Waals surface area contributed by atoms with Crippen LogP contribution in [0.2, 0.25) is 0 Å². The molecule has 0 bridgehead atoms. The van der Waals surface area contributed by atoms with E-state index in [9.17, 15) is 9.90 Å². The number of likely N-dealkylation sites (N-methyl/N-ethyl adjacent to an activating group) is 1. The zero-order valence-corrected chi connectivity index (χ0v) is 7.45. The normalized spacial score (nSPS) is 38.1. The molecule has 0 amide bonds. The first-order valence-corrected chi connectivity index (χ1v) is 4.07. The van der Waals surface area contributed by atoms with Crippen LogP contribution in [0.3, 0.4) is 0 Å². The van der Waals surface area contributed by atoms with Crippen molar-refractivity contribution in [3.63, 3.8) is 0 Å². The van der Waals surface area contributed by atoms with Gasteiger partial charge in [-0.3, -0.25) is 4.79 Å². The molecule has 1 saturated heterocycles. The van der Waals surface area contributed by atoms with Crippen molar-refractivity contribution in [3.8, 4) is 0 Å². The van der Waals surface area contributed by atoms with Gasteiger partial charge in [-0.25, -0.2) is 0 Å². The Hall–Kier alpha value is -0.610. The maximum absolute atomic E-state index is 10.8. The van der Waals surface area contributed by atoms with Gasteiger partial charge in [0.15, 0.2) is 0 Å². The van der Waals surface area contributed by atoms with Gasteiger partial charge in [0.2, 0.25) is 0 Å². The number of aliphatic carboxylic acids is 1. The van der Waals surface area contributed by atoms with Crippen molar-refractivity contribution in [1.29, 1.82) is 0 Å². The number of aliphatic hydroxyl groups excluding tert-OH is 1. The summed E-state index contributed by atoms with van der Waals surface area (Å²) in [5.74, 6) is -0.900. The highest BCUT2D eigenvalue weighted by molar-refractivity contribution is 5.75. The number of likely N-dealkylation sites (tertiary alicyclic amines) is 1. The lowest BCUT2D eigenvalue weighted by Gasteiger charge is -2.38. The first-order chi connectivity index (χ1) is 5.47. The highest BCUT2D eigenvalue weighted by Crippen LogP contribution is 2.30. The van der Waals surface area contributed by atoms with Crippen LogP contribution >= 0.6 is 0 Å². The Labute approximate surface area is 71.8 Å². The minimum atomic E-state index is -0.952. The first-order valence-electron chi connectivity index (χ1n) is 4.07. The molecular formula is C8H15NO3. The Balaban J connectivity index is 2.72. The predicted octanol–water partition coefficient (Wildman–Crippen LogP) is -0.226. The molecule has 70 valence electrons. The number of aliphatic hydroxyl groups is 1. The van der Waals surface area contributed by atoms with E-state index in [1.165, 1.54) is 0 Å². The highest BCUT2D eigenvalue weighted by Gasteiger charge is 2.43. The number of β-amino-alcohol motifs (C(OH)–C–C–N with tert-alkyl or cyclic N) is 1. The minimum Gasteiger partial charge on any atom is -0.481 e. The summed E-state index contributed by atoms with van der Waals surface area (Å²) in [5.41, 5.74) is -0.952. The number of hydrogen-bond donors (Lipinski definition) is 2. The zero-order chi connectivity index (χ0) is 9.35. The smallest absolute Gasteiger partial charge is 0.312 e. The Kier molecular flexibility index (Phi) is 2.39. The second kappa shape index (κ2) is 3.03. The van der Waals surface area contributed by atoms with Gasteiger partial charge in [0.1, 0.15) is 0 Å². The number of carbonyl (C=O) groups is 1. The first kappa shape index (κ1) is 9.48. The summed E-state index contributed by atoms with van der Waals surface area (Å²) in [6, 6.07) is 0. The molecule has 1 aliphatic heterocycles. The number of carboxylic acid groups (broad SMARTS) is 1. The van der Waals surface area contributed by atoms with E-state index in [0.717, 1.165) is 6.54 Å². The van der Waals surface area contributed by atoms with Crippen LogP contribution in [0.15, 0.2) is 0 Å². The molecule has 2 unspecified atom stereocenters. The molecule has 0 aromatic rings. The summed E-state index contributed by atoms with van der Waals surface area (Å²) in [6.45, 7) is 2.79. The third kappa shape index (κ3) is 1.44. The third-order valence-electron chi connectivity index (χ3n) is 2.72. The van der Waals surface area contributed by atoms with Gasteiger partial charge in [0.05, 0.1) is 11.5 Å². The predicted molar refractivity (Wildman–Crippen MR) is 43.9 cm³/mol. The Morgan fingerprint density at radius 2 is 2.25 bits per heavy atom. The van der Waals surface area contributed by atoms with Crippen LogP contribution in [0, 0.1) is 5.41 Å². The lowest BCUT2D eigenvalue weighted by molar-refractivity contribution is -0.159. The number of rotatable bonds is 1. The topological polar surface area (TPSA) is 60.8 Å². The van der Waals surface area contributed by atoms with Crippen LogP contribution in [0.5, 0.6) is 0 Å². The lowest BCUT2D eigenvalue weighted by atomic mass is 9.78. The third-order valence-corrected chi connectivity index (χ3v) is 2.72. The molecule has 4 nitrogen and oxygen atoms in total. The molecule has 0 aliphatic carbocycles. The van der Waals surface area contributed by atoms with E-state index < -0.39 is 17.5 Å². The Bertz CT molecular complexity index is 195. The molecule has 1 rings (SSSR count). The molecule has 2 atom stereocenters. The lowest BCUT2D eigenvalue weighted by Crippen LogP contribution is -2.52. The van der Waals surface area contributed by atoms with E-state index in [4.69, 9.17) is 5.11 Å². The molecule has 1 aliphatic rings. The van der Waals surface area contributed by atoms with Crippen molar-refractivity contribution in [3.05, 3.63) is 0 Å². The molecule has 0 spiro atoms. The van der Waals surface area contributed by atoms with Gasteiger partial charge in [-0.2, -0.15) is 0 Å². The second-order valence-electron chi connectivity index (χ2n) is 3.75. The maximum atomic E-state index is 10.8. The average molecular weight is 173 g/mol.